The minimum absolute atomic E-state index is 0.264. The van der Waals surface area contributed by atoms with E-state index in [1.165, 1.54) is 0 Å². The second-order valence-electron chi connectivity index (χ2n) is 7.32. The molecule has 1 atom stereocenters. The van der Waals surface area contributed by atoms with Crippen molar-refractivity contribution < 1.29 is 9.53 Å². The number of halogens is 1. The molecule has 0 spiro atoms. The van der Waals surface area contributed by atoms with Crippen LogP contribution in [0.4, 0.5) is 5.69 Å². The number of ether oxygens (including phenoxy) is 1. The molecule has 2 aromatic heterocycles. The molecular formula is C24H21ClN4O3. The van der Waals surface area contributed by atoms with Gasteiger partial charge in [0.15, 0.2) is 0 Å². The Morgan fingerprint density at radius 3 is 2.78 bits per heavy atom. The van der Waals surface area contributed by atoms with Crippen molar-refractivity contribution in [1.29, 1.82) is 0 Å². The van der Waals surface area contributed by atoms with Crippen LogP contribution in [0.1, 0.15) is 34.6 Å². The van der Waals surface area contributed by atoms with E-state index < -0.39 is 5.91 Å². The third-order valence-corrected chi connectivity index (χ3v) is 5.42. The van der Waals surface area contributed by atoms with E-state index in [0.717, 1.165) is 11.1 Å². The predicted molar refractivity (Wildman–Crippen MR) is 125 cm³/mol. The second-order valence-corrected chi connectivity index (χ2v) is 7.69. The molecule has 4 N–H and O–H groups in total. The molecule has 4 rings (SSSR count). The summed E-state index contributed by atoms with van der Waals surface area (Å²) in [6.45, 7) is 2.12. The smallest absolute Gasteiger partial charge is 0.253 e. The number of amides is 1. The molecule has 8 heteroatoms. The molecule has 0 saturated carbocycles. The topological polar surface area (TPSA) is 110 Å². The monoisotopic (exact) mass is 448 g/mol. The lowest BCUT2D eigenvalue weighted by atomic mass is 10.1. The van der Waals surface area contributed by atoms with Crippen LogP contribution in [0.25, 0.3) is 10.9 Å². The first-order valence-electron chi connectivity index (χ1n) is 9.97. The van der Waals surface area contributed by atoms with E-state index >= 15 is 0 Å². The van der Waals surface area contributed by atoms with Gasteiger partial charge in [0.1, 0.15) is 17.4 Å². The highest BCUT2D eigenvalue weighted by Gasteiger charge is 2.15. The van der Waals surface area contributed by atoms with Crippen LogP contribution in [0.2, 0.25) is 5.02 Å². The SMILES string of the molecule is C[C@H](Nc1cccc(C(N)=O)c1)c1cc2ccc(OCc3ccccn3)c(Cl)c2[nH]c1=O. The molecule has 4 aromatic rings. The summed E-state index contributed by atoms with van der Waals surface area (Å²) in [5.74, 6) is -0.0526. The summed E-state index contributed by atoms with van der Waals surface area (Å²) in [6.07, 6.45) is 1.69. The summed E-state index contributed by atoms with van der Waals surface area (Å²) in [5, 5.41) is 4.33. The number of carbonyl (C=O) groups excluding carboxylic acids is 1. The van der Waals surface area contributed by atoms with Gasteiger partial charge >= 0.3 is 0 Å². The first-order chi connectivity index (χ1) is 15.4. The number of aromatic nitrogens is 2. The lowest BCUT2D eigenvalue weighted by Gasteiger charge is -2.17. The first kappa shape index (κ1) is 21.4. The van der Waals surface area contributed by atoms with Gasteiger partial charge in [0.05, 0.1) is 17.3 Å². The number of primary amides is 1. The van der Waals surface area contributed by atoms with Crippen molar-refractivity contribution in [2.75, 3.05) is 5.32 Å². The van der Waals surface area contributed by atoms with E-state index in [1.807, 2.05) is 31.2 Å². The molecule has 162 valence electrons. The van der Waals surface area contributed by atoms with Gasteiger partial charge in [-0.05, 0) is 55.5 Å². The summed E-state index contributed by atoms with van der Waals surface area (Å²) in [7, 11) is 0. The molecule has 1 amide bonds. The Morgan fingerprint density at radius 1 is 1.19 bits per heavy atom. The quantitative estimate of drug-likeness (QED) is 0.387. The Morgan fingerprint density at radius 2 is 2.03 bits per heavy atom. The van der Waals surface area contributed by atoms with E-state index in [1.54, 1.807) is 42.6 Å². The average molecular weight is 449 g/mol. The number of carbonyl (C=O) groups is 1. The number of pyridine rings is 2. The molecule has 2 heterocycles. The number of nitrogens with one attached hydrogen (secondary N) is 2. The molecule has 0 aliphatic heterocycles. The van der Waals surface area contributed by atoms with Gasteiger partial charge in [-0.15, -0.1) is 0 Å². The van der Waals surface area contributed by atoms with E-state index in [0.29, 0.717) is 33.1 Å². The van der Waals surface area contributed by atoms with Gasteiger partial charge in [0.25, 0.3) is 5.56 Å². The summed E-state index contributed by atoms with van der Waals surface area (Å²) < 4.78 is 5.79. The highest BCUT2D eigenvalue weighted by Crippen LogP contribution is 2.32. The summed E-state index contributed by atoms with van der Waals surface area (Å²) >= 11 is 6.51. The number of benzene rings is 2. The van der Waals surface area contributed by atoms with Crippen LogP contribution in [0.5, 0.6) is 5.75 Å². The Hall–Kier alpha value is -3.84. The van der Waals surface area contributed by atoms with E-state index in [-0.39, 0.29) is 18.2 Å². The van der Waals surface area contributed by atoms with Crippen LogP contribution in [-0.4, -0.2) is 15.9 Å². The van der Waals surface area contributed by atoms with E-state index in [9.17, 15) is 9.59 Å². The minimum atomic E-state index is -0.513. The van der Waals surface area contributed by atoms with Crippen molar-refractivity contribution in [3.05, 3.63) is 99.1 Å². The maximum absolute atomic E-state index is 12.8. The molecule has 0 aliphatic rings. The van der Waals surface area contributed by atoms with Gasteiger partial charge < -0.3 is 20.8 Å². The largest absolute Gasteiger partial charge is 0.486 e. The lowest BCUT2D eigenvalue weighted by molar-refractivity contribution is 0.100. The summed E-state index contributed by atoms with van der Waals surface area (Å²) in [4.78, 5) is 31.3. The molecule has 0 aliphatic carbocycles. The fourth-order valence-electron chi connectivity index (χ4n) is 3.40. The van der Waals surface area contributed by atoms with Crippen LogP contribution >= 0.6 is 11.6 Å². The molecular weight excluding hydrogens is 428 g/mol. The summed E-state index contributed by atoms with van der Waals surface area (Å²) in [5.41, 5.74) is 7.95. The van der Waals surface area contributed by atoms with Crippen molar-refractivity contribution in [1.82, 2.24) is 9.97 Å². The standard InChI is InChI=1S/C24H21ClN4O3/c1-14(28-17-7-4-5-16(11-17)23(26)30)19-12-15-8-9-20(21(25)22(15)29-24(19)31)32-13-18-6-2-3-10-27-18/h2-12,14,28H,13H2,1H3,(H2,26,30)(H,29,31)/t14-/m0/s1. The zero-order valence-corrected chi connectivity index (χ0v) is 18.0. The van der Waals surface area contributed by atoms with Gasteiger partial charge in [-0.25, -0.2) is 0 Å². The fourth-order valence-corrected chi connectivity index (χ4v) is 3.67. The average Bonchev–Trinajstić information content (AvgIpc) is 2.79. The van der Waals surface area contributed by atoms with Crippen LogP contribution in [0, 0.1) is 0 Å². The summed E-state index contributed by atoms with van der Waals surface area (Å²) in [6, 6.07) is 17.5. The number of fused-ring (bicyclic) bond motifs is 1. The van der Waals surface area contributed by atoms with Crippen LogP contribution in [0.3, 0.4) is 0 Å². The zero-order chi connectivity index (χ0) is 22.7. The number of nitrogens with zero attached hydrogens (tertiary/aromatic N) is 1. The normalized spacial score (nSPS) is 11.8. The lowest BCUT2D eigenvalue weighted by Crippen LogP contribution is -2.20. The number of H-pyrrole nitrogens is 1. The Bertz CT molecular complexity index is 1340. The Labute approximate surface area is 189 Å². The number of aromatic amines is 1. The van der Waals surface area contributed by atoms with Crippen LogP contribution < -0.4 is 21.3 Å². The zero-order valence-electron chi connectivity index (χ0n) is 17.3. The molecule has 0 fully saturated rings. The molecule has 0 saturated heterocycles. The van der Waals surface area contributed by atoms with Gasteiger partial charge in [-0.1, -0.05) is 23.7 Å². The number of rotatable bonds is 7. The van der Waals surface area contributed by atoms with Gasteiger partial charge in [-0.3, -0.25) is 14.6 Å². The second kappa shape index (κ2) is 9.11. The van der Waals surface area contributed by atoms with Crippen molar-refractivity contribution in [2.24, 2.45) is 5.73 Å². The molecule has 0 unspecified atom stereocenters. The van der Waals surface area contributed by atoms with Gasteiger partial charge in [0, 0.05) is 28.4 Å². The Balaban J connectivity index is 1.59. The number of nitrogens with two attached hydrogens (primary N) is 1. The minimum Gasteiger partial charge on any atom is -0.486 e. The molecule has 0 bridgehead atoms. The molecule has 32 heavy (non-hydrogen) atoms. The number of hydrogen-bond acceptors (Lipinski definition) is 5. The maximum atomic E-state index is 12.8. The third-order valence-electron chi connectivity index (χ3n) is 5.05. The predicted octanol–water partition coefficient (Wildman–Crippen LogP) is 4.43. The maximum Gasteiger partial charge on any atom is 0.253 e. The fraction of sp³-hybridized carbons (Fsp3) is 0.125. The molecule has 2 aromatic carbocycles. The third kappa shape index (κ3) is 4.58. The number of anilines is 1. The van der Waals surface area contributed by atoms with E-state index in [4.69, 9.17) is 22.1 Å². The van der Waals surface area contributed by atoms with Gasteiger partial charge in [-0.2, -0.15) is 0 Å². The van der Waals surface area contributed by atoms with Crippen molar-refractivity contribution in [2.45, 2.75) is 19.6 Å². The van der Waals surface area contributed by atoms with Crippen LogP contribution in [0.15, 0.2) is 71.7 Å². The van der Waals surface area contributed by atoms with Crippen molar-refractivity contribution in [3.8, 4) is 5.75 Å². The highest BCUT2D eigenvalue weighted by molar-refractivity contribution is 6.36. The van der Waals surface area contributed by atoms with Crippen LogP contribution in [-0.2, 0) is 6.61 Å². The molecule has 0 radical (unpaired) electrons. The Kier molecular flexibility index (Phi) is 6.09. The van der Waals surface area contributed by atoms with Crippen molar-refractivity contribution in [3.63, 3.8) is 0 Å². The highest BCUT2D eigenvalue weighted by atomic mass is 35.5. The first-order valence-corrected chi connectivity index (χ1v) is 10.3. The molecule has 7 nitrogen and oxygen atoms in total. The van der Waals surface area contributed by atoms with Crippen molar-refractivity contribution >= 4 is 34.1 Å². The van der Waals surface area contributed by atoms with Gasteiger partial charge in [0.2, 0.25) is 5.91 Å². The number of hydrogen-bond donors (Lipinski definition) is 3. The van der Waals surface area contributed by atoms with E-state index in [2.05, 4.69) is 15.3 Å².